The fraction of sp³-hybridized carbons (Fsp3) is 0.581. The van der Waals surface area contributed by atoms with E-state index in [1.54, 1.807) is 4.90 Å². The highest BCUT2D eigenvalue weighted by atomic mass is 19.4. The van der Waals surface area contributed by atoms with Gasteiger partial charge in [-0.3, -0.25) is 0 Å². The Morgan fingerprint density at radius 1 is 0.976 bits per heavy atom. The molecule has 2 fully saturated rings. The fourth-order valence-electron chi connectivity index (χ4n) is 6.18. The molecule has 11 heteroatoms. The number of nitrogens with zero attached hydrogens (tertiary/aromatic N) is 3. The van der Waals surface area contributed by atoms with Gasteiger partial charge in [-0.15, -0.1) is 0 Å². The van der Waals surface area contributed by atoms with Gasteiger partial charge in [0.05, 0.1) is 23.2 Å². The molecule has 3 atom stereocenters. The Kier molecular flexibility index (Phi) is 9.82. The van der Waals surface area contributed by atoms with E-state index in [1.165, 1.54) is 18.9 Å². The number of carbonyl (C=O) groups is 1. The van der Waals surface area contributed by atoms with Crippen LogP contribution in [-0.2, 0) is 17.1 Å². The van der Waals surface area contributed by atoms with Gasteiger partial charge in [0.2, 0.25) is 0 Å². The van der Waals surface area contributed by atoms with Crippen molar-refractivity contribution in [3.8, 4) is 0 Å². The monoisotopic (exact) mass is 599 g/mol. The summed E-state index contributed by atoms with van der Waals surface area (Å²) in [5.41, 5.74) is -1.01. The Morgan fingerprint density at radius 3 is 2.14 bits per heavy atom. The van der Waals surface area contributed by atoms with E-state index in [1.807, 2.05) is 31.2 Å². The van der Waals surface area contributed by atoms with Crippen LogP contribution in [0.5, 0.6) is 0 Å². The molecule has 0 spiro atoms. The second-order valence-electron chi connectivity index (χ2n) is 11.6. The van der Waals surface area contributed by atoms with Crippen molar-refractivity contribution in [3.05, 3.63) is 70.3 Å². The van der Waals surface area contributed by atoms with Crippen LogP contribution in [0.1, 0.15) is 72.5 Å². The molecule has 42 heavy (non-hydrogen) atoms. The average Bonchev–Trinajstić information content (AvgIpc) is 2.95. The number of urea groups is 1. The summed E-state index contributed by atoms with van der Waals surface area (Å²) in [6, 6.07) is 7.99. The predicted octanol–water partition coefficient (Wildman–Crippen LogP) is 7.71. The molecule has 2 saturated heterocycles. The lowest BCUT2D eigenvalue weighted by Gasteiger charge is -2.44. The lowest BCUT2D eigenvalue weighted by atomic mass is 9.85. The molecule has 2 aliphatic rings. The number of aryl methyl sites for hydroxylation is 1. The number of carbonyl (C=O) groups excluding carboxylic acids is 1. The van der Waals surface area contributed by atoms with Crippen molar-refractivity contribution < 1.29 is 35.9 Å². The summed E-state index contributed by atoms with van der Waals surface area (Å²) in [5, 5.41) is 0. The predicted molar refractivity (Wildman–Crippen MR) is 148 cm³/mol. The van der Waals surface area contributed by atoms with Crippen molar-refractivity contribution >= 4 is 6.03 Å². The van der Waals surface area contributed by atoms with Crippen LogP contribution in [0.25, 0.3) is 0 Å². The van der Waals surface area contributed by atoms with Crippen LogP contribution in [0.3, 0.4) is 0 Å². The largest absolute Gasteiger partial charge is 0.416 e. The molecular formula is C31H39F6N3O2. The standard InChI is InChI=1S/C31H39F6N3O2/c1-20-7-5-6-8-27(20)28-15-22(19-38(3)26-10-13-42-14-11-26)9-12-40(28)29(41)39(4)21(2)23-16-24(30(32,33)34)18-25(17-23)31(35,36)37/h5-8,16-18,21-22,26,28H,9-15,19H2,1-4H3. The Morgan fingerprint density at radius 2 is 1.57 bits per heavy atom. The fourth-order valence-corrected chi connectivity index (χ4v) is 6.18. The molecule has 2 aromatic rings. The van der Waals surface area contributed by atoms with E-state index >= 15 is 0 Å². The van der Waals surface area contributed by atoms with Gasteiger partial charge in [-0.1, -0.05) is 24.3 Å². The van der Waals surface area contributed by atoms with Gasteiger partial charge < -0.3 is 19.4 Å². The molecule has 5 nitrogen and oxygen atoms in total. The first kappa shape index (κ1) is 32.1. The zero-order valence-corrected chi connectivity index (χ0v) is 24.4. The van der Waals surface area contributed by atoms with E-state index in [0.29, 0.717) is 37.1 Å². The number of rotatable bonds is 6. The van der Waals surface area contributed by atoms with Crippen LogP contribution in [0.15, 0.2) is 42.5 Å². The summed E-state index contributed by atoms with van der Waals surface area (Å²) in [5.74, 6) is 0.312. The molecule has 2 amide bonds. The lowest BCUT2D eigenvalue weighted by molar-refractivity contribution is -0.143. The molecule has 2 aliphatic heterocycles. The summed E-state index contributed by atoms with van der Waals surface area (Å²) in [7, 11) is 3.55. The topological polar surface area (TPSA) is 36.0 Å². The van der Waals surface area contributed by atoms with Gasteiger partial charge >= 0.3 is 18.4 Å². The maximum Gasteiger partial charge on any atom is 0.416 e. The maximum absolute atomic E-state index is 13.9. The number of alkyl halides is 6. The van der Waals surface area contributed by atoms with Gasteiger partial charge in [0.1, 0.15) is 0 Å². The Bertz CT molecular complexity index is 1200. The number of piperidine rings is 1. The zero-order valence-electron chi connectivity index (χ0n) is 24.4. The summed E-state index contributed by atoms with van der Waals surface area (Å²) in [4.78, 5) is 19.3. The molecule has 3 unspecified atom stereocenters. The minimum absolute atomic E-state index is 0.106. The minimum atomic E-state index is -4.96. The van der Waals surface area contributed by atoms with Gasteiger partial charge in [-0.2, -0.15) is 26.3 Å². The van der Waals surface area contributed by atoms with E-state index in [9.17, 15) is 31.1 Å². The first-order chi connectivity index (χ1) is 19.7. The van der Waals surface area contributed by atoms with Gasteiger partial charge in [-0.25, -0.2) is 4.79 Å². The van der Waals surface area contributed by atoms with Crippen LogP contribution in [-0.4, -0.2) is 67.2 Å². The maximum atomic E-state index is 13.9. The number of halogens is 6. The summed E-state index contributed by atoms with van der Waals surface area (Å²) < 4.78 is 86.5. The number of ether oxygens (including phenoxy) is 1. The number of hydrogen-bond acceptors (Lipinski definition) is 3. The second kappa shape index (κ2) is 12.8. The van der Waals surface area contributed by atoms with Crippen molar-refractivity contribution in [2.45, 2.75) is 70.0 Å². The highest BCUT2D eigenvalue weighted by Crippen LogP contribution is 2.40. The third-order valence-electron chi connectivity index (χ3n) is 8.84. The summed E-state index contributed by atoms with van der Waals surface area (Å²) >= 11 is 0. The average molecular weight is 600 g/mol. The normalized spacial score (nSPS) is 21.5. The Labute approximate surface area is 243 Å². The van der Waals surface area contributed by atoms with Crippen LogP contribution in [0.2, 0.25) is 0 Å². The molecule has 2 heterocycles. The Balaban J connectivity index is 1.58. The van der Waals surface area contributed by atoms with Crippen molar-refractivity contribution in [3.63, 3.8) is 0 Å². The van der Waals surface area contributed by atoms with E-state index in [4.69, 9.17) is 4.74 Å². The smallest absolute Gasteiger partial charge is 0.381 e. The highest BCUT2D eigenvalue weighted by Gasteiger charge is 2.40. The van der Waals surface area contributed by atoms with E-state index in [-0.39, 0.29) is 17.7 Å². The second-order valence-corrected chi connectivity index (χ2v) is 11.6. The molecular weight excluding hydrogens is 560 g/mol. The van der Waals surface area contributed by atoms with Gasteiger partial charge in [0.25, 0.3) is 0 Å². The molecule has 0 aromatic heterocycles. The molecule has 0 bridgehead atoms. The lowest BCUT2D eigenvalue weighted by Crippen LogP contribution is -2.49. The van der Waals surface area contributed by atoms with E-state index in [0.717, 1.165) is 50.1 Å². The SMILES string of the molecule is Cc1ccccc1C1CC(CN(C)C2CCOCC2)CCN1C(=O)N(C)C(C)c1cc(C(F)(F)F)cc(C(F)(F)F)c1. The summed E-state index contributed by atoms with van der Waals surface area (Å²) in [6.07, 6.45) is -6.53. The number of likely N-dealkylation sites (tertiary alicyclic amines) is 1. The highest BCUT2D eigenvalue weighted by molar-refractivity contribution is 5.75. The molecule has 4 rings (SSSR count). The molecule has 0 aliphatic carbocycles. The first-order valence-corrected chi connectivity index (χ1v) is 14.3. The zero-order chi connectivity index (χ0) is 30.8. The molecule has 0 radical (unpaired) electrons. The van der Waals surface area contributed by atoms with E-state index in [2.05, 4.69) is 11.9 Å². The van der Waals surface area contributed by atoms with Gasteiger partial charge in [0.15, 0.2) is 0 Å². The van der Waals surface area contributed by atoms with Crippen LogP contribution in [0.4, 0.5) is 31.1 Å². The third-order valence-corrected chi connectivity index (χ3v) is 8.84. The van der Waals surface area contributed by atoms with E-state index < -0.39 is 35.6 Å². The van der Waals surface area contributed by atoms with Crippen LogP contribution < -0.4 is 0 Å². The number of hydrogen-bond donors (Lipinski definition) is 0. The number of benzene rings is 2. The Hall–Kier alpha value is -2.79. The molecule has 0 saturated carbocycles. The van der Waals surface area contributed by atoms with Crippen molar-refractivity contribution in [1.82, 2.24) is 14.7 Å². The van der Waals surface area contributed by atoms with Crippen molar-refractivity contribution in [2.24, 2.45) is 5.92 Å². The van der Waals surface area contributed by atoms with Crippen molar-refractivity contribution in [1.29, 1.82) is 0 Å². The van der Waals surface area contributed by atoms with Crippen LogP contribution in [0, 0.1) is 12.8 Å². The van der Waals surface area contributed by atoms with Gasteiger partial charge in [-0.05, 0) is 87.4 Å². The first-order valence-electron chi connectivity index (χ1n) is 14.3. The van der Waals surface area contributed by atoms with Crippen molar-refractivity contribution in [2.75, 3.05) is 40.4 Å². The third kappa shape index (κ3) is 7.40. The summed E-state index contributed by atoms with van der Waals surface area (Å²) in [6.45, 7) is 6.21. The molecule has 0 N–H and O–H groups in total. The van der Waals surface area contributed by atoms with Crippen LogP contribution >= 0.6 is 0 Å². The minimum Gasteiger partial charge on any atom is -0.381 e. The quantitative estimate of drug-likeness (QED) is 0.319. The molecule has 232 valence electrons. The van der Waals surface area contributed by atoms with Gasteiger partial charge in [0, 0.05) is 39.4 Å². The molecule has 2 aromatic carbocycles. The number of amides is 2.